The largest absolute Gasteiger partial charge is 0.487 e. The zero-order valence-electron chi connectivity index (χ0n) is 11.7. The summed E-state index contributed by atoms with van der Waals surface area (Å²) in [7, 11) is 0. The van der Waals surface area contributed by atoms with Crippen molar-refractivity contribution in [3.63, 3.8) is 0 Å². The lowest BCUT2D eigenvalue weighted by atomic mass is 10.1. The van der Waals surface area contributed by atoms with Crippen molar-refractivity contribution in [1.82, 2.24) is 5.32 Å². The Morgan fingerprint density at radius 3 is 2.42 bits per heavy atom. The van der Waals surface area contributed by atoms with Gasteiger partial charge in [-0.15, -0.1) is 0 Å². The summed E-state index contributed by atoms with van der Waals surface area (Å²) >= 11 is 15.6. The van der Waals surface area contributed by atoms with Gasteiger partial charge in [0.25, 0.3) is 0 Å². The first-order valence-corrected chi connectivity index (χ1v) is 7.84. The Balaban J connectivity index is 2.73. The summed E-state index contributed by atoms with van der Waals surface area (Å²) in [6, 6.07) is 3.50. The number of rotatable bonds is 5. The molecule has 1 aromatic rings. The van der Waals surface area contributed by atoms with Gasteiger partial charge in [0.15, 0.2) is 0 Å². The van der Waals surface area contributed by atoms with E-state index < -0.39 is 0 Å². The van der Waals surface area contributed by atoms with E-state index in [4.69, 9.17) is 27.9 Å². The molecule has 19 heavy (non-hydrogen) atoms. The zero-order valence-corrected chi connectivity index (χ0v) is 14.8. The molecule has 1 atom stereocenters. The Kier molecular flexibility index (Phi) is 6.44. The molecule has 0 amide bonds. The van der Waals surface area contributed by atoms with Crippen molar-refractivity contribution < 1.29 is 4.74 Å². The minimum atomic E-state index is 0.0639. The van der Waals surface area contributed by atoms with Gasteiger partial charge in [-0.25, -0.2) is 0 Å². The van der Waals surface area contributed by atoms with Gasteiger partial charge in [-0.3, -0.25) is 0 Å². The maximum Gasteiger partial charge on any atom is 0.139 e. The van der Waals surface area contributed by atoms with Crippen molar-refractivity contribution in [3.8, 4) is 5.75 Å². The minimum absolute atomic E-state index is 0.0639. The molecule has 2 nitrogen and oxygen atoms in total. The molecule has 0 fully saturated rings. The monoisotopic (exact) mass is 367 g/mol. The Morgan fingerprint density at radius 1 is 1.26 bits per heavy atom. The van der Waals surface area contributed by atoms with Crippen molar-refractivity contribution in [3.05, 3.63) is 26.7 Å². The van der Waals surface area contributed by atoms with E-state index in [1.54, 1.807) is 12.1 Å². The Labute approximate surface area is 133 Å². The van der Waals surface area contributed by atoms with E-state index in [1.165, 1.54) is 0 Å². The van der Waals surface area contributed by atoms with E-state index in [-0.39, 0.29) is 11.6 Å². The third-order valence-electron chi connectivity index (χ3n) is 2.58. The number of benzene rings is 1. The molecule has 0 aliphatic carbocycles. The van der Waals surface area contributed by atoms with Gasteiger partial charge < -0.3 is 10.1 Å². The predicted molar refractivity (Wildman–Crippen MR) is 86.6 cm³/mol. The van der Waals surface area contributed by atoms with Crippen LogP contribution in [0.1, 0.15) is 34.1 Å². The first-order chi connectivity index (χ1) is 8.73. The van der Waals surface area contributed by atoms with Crippen LogP contribution in [0.25, 0.3) is 0 Å². The first-order valence-electron chi connectivity index (χ1n) is 6.29. The third-order valence-corrected chi connectivity index (χ3v) is 4.08. The van der Waals surface area contributed by atoms with Crippen LogP contribution in [0.3, 0.4) is 0 Å². The van der Waals surface area contributed by atoms with Gasteiger partial charge in [0.05, 0.1) is 10.0 Å². The summed E-state index contributed by atoms with van der Waals surface area (Å²) in [5.41, 5.74) is 0.0674. The van der Waals surface area contributed by atoms with Gasteiger partial charge in [-0.1, -0.05) is 30.1 Å². The average molecular weight is 369 g/mol. The first kappa shape index (κ1) is 17.1. The van der Waals surface area contributed by atoms with Crippen LogP contribution in [0, 0.1) is 0 Å². The van der Waals surface area contributed by atoms with Crippen LogP contribution in [0.5, 0.6) is 5.75 Å². The van der Waals surface area contributed by atoms with E-state index >= 15 is 0 Å². The summed E-state index contributed by atoms with van der Waals surface area (Å²) in [4.78, 5) is 0. The normalized spacial score (nSPS) is 13.4. The van der Waals surface area contributed by atoms with E-state index in [9.17, 15) is 0 Å². The summed E-state index contributed by atoms with van der Waals surface area (Å²) in [6.07, 6.45) is 0.960. The van der Waals surface area contributed by atoms with Crippen LogP contribution in [0.4, 0.5) is 0 Å². The van der Waals surface area contributed by atoms with Crippen molar-refractivity contribution >= 4 is 39.1 Å². The summed E-state index contributed by atoms with van der Waals surface area (Å²) in [6.45, 7) is 9.24. The van der Waals surface area contributed by atoms with Gasteiger partial charge in [0.1, 0.15) is 11.9 Å². The molecule has 108 valence electrons. The van der Waals surface area contributed by atoms with E-state index in [2.05, 4.69) is 48.9 Å². The molecular formula is C14H20BrCl2NO. The predicted octanol–water partition coefficient (Wildman–Crippen LogP) is 5.30. The lowest BCUT2D eigenvalue weighted by Crippen LogP contribution is -2.42. The fourth-order valence-corrected chi connectivity index (χ4v) is 2.30. The number of hydrogen-bond acceptors (Lipinski definition) is 2. The highest BCUT2D eigenvalue weighted by atomic mass is 79.9. The molecule has 0 aliphatic heterocycles. The standard InChI is InChI=1S/C14H20BrCl2NO/c1-5-9(8-18-14(2,3)4)19-13-7-11(16)10(15)6-12(13)17/h6-7,9,18H,5,8H2,1-4H3. The second-order valence-electron chi connectivity index (χ2n) is 5.48. The summed E-state index contributed by atoms with van der Waals surface area (Å²) < 4.78 is 6.70. The maximum atomic E-state index is 6.16. The molecule has 1 unspecified atom stereocenters. The smallest absolute Gasteiger partial charge is 0.139 e. The van der Waals surface area contributed by atoms with Crippen LogP contribution in [0.15, 0.2) is 16.6 Å². The molecule has 0 heterocycles. The molecule has 0 saturated carbocycles. The zero-order chi connectivity index (χ0) is 14.6. The highest BCUT2D eigenvalue weighted by Crippen LogP contribution is 2.34. The molecular weight excluding hydrogens is 349 g/mol. The molecule has 0 spiro atoms. The molecule has 0 bridgehead atoms. The Bertz CT molecular complexity index is 432. The summed E-state index contributed by atoms with van der Waals surface area (Å²) in [5.74, 6) is 0.623. The van der Waals surface area contributed by atoms with Gasteiger partial charge in [-0.2, -0.15) is 0 Å². The van der Waals surface area contributed by atoms with E-state index in [1.807, 2.05) is 0 Å². The quantitative estimate of drug-likeness (QED) is 0.711. The topological polar surface area (TPSA) is 21.3 Å². The van der Waals surface area contributed by atoms with E-state index in [0.29, 0.717) is 15.8 Å². The Hall–Kier alpha value is 0.0400. The fourth-order valence-electron chi connectivity index (χ4n) is 1.46. The fraction of sp³-hybridized carbons (Fsp3) is 0.571. The lowest BCUT2D eigenvalue weighted by Gasteiger charge is -2.25. The third kappa shape index (κ3) is 5.90. The van der Waals surface area contributed by atoms with Crippen molar-refractivity contribution in [1.29, 1.82) is 0 Å². The molecule has 1 rings (SSSR count). The number of halogens is 3. The molecule has 0 radical (unpaired) electrons. The summed E-state index contributed by atoms with van der Waals surface area (Å²) in [5, 5.41) is 4.58. The van der Waals surface area contributed by atoms with E-state index in [0.717, 1.165) is 17.4 Å². The van der Waals surface area contributed by atoms with Crippen molar-refractivity contribution in [2.75, 3.05) is 6.54 Å². The molecule has 5 heteroatoms. The average Bonchev–Trinajstić information content (AvgIpc) is 2.29. The second kappa shape index (κ2) is 7.16. The number of hydrogen-bond donors (Lipinski definition) is 1. The second-order valence-corrected chi connectivity index (χ2v) is 7.14. The van der Waals surface area contributed by atoms with Gasteiger partial charge in [0.2, 0.25) is 0 Å². The lowest BCUT2D eigenvalue weighted by molar-refractivity contribution is 0.181. The highest BCUT2D eigenvalue weighted by molar-refractivity contribution is 9.10. The van der Waals surface area contributed by atoms with Crippen LogP contribution in [-0.2, 0) is 0 Å². The van der Waals surface area contributed by atoms with Crippen LogP contribution in [-0.4, -0.2) is 18.2 Å². The molecule has 0 aliphatic rings. The molecule has 0 aromatic heterocycles. The number of ether oxygens (including phenoxy) is 1. The SMILES string of the molecule is CCC(CNC(C)(C)C)Oc1cc(Cl)c(Br)cc1Cl. The van der Waals surface area contributed by atoms with Crippen molar-refractivity contribution in [2.24, 2.45) is 0 Å². The Morgan fingerprint density at radius 2 is 1.89 bits per heavy atom. The molecule has 1 aromatic carbocycles. The van der Waals surface area contributed by atoms with Gasteiger partial charge in [-0.05, 0) is 49.2 Å². The van der Waals surface area contributed by atoms with Crippen LogP contribution < -0.4 is 10.1 Å². The van der Waals surface area contributed by atoms with Gasteiger partial charge in [0, 0.05) is 22.6 Å². The maximum absolute atomic E-state index is 6.16. The van der Waals surface area contributed by atoms with Crippen LogP contribution in [0.2, 0.25) is 10.0 Å². The molecule has 1 N–H and O–H groups in total. The van der Waals surface area contributed by atoms with Gasteiger partial charge >= 0.3 is 0 Å². The highest BCUT2D eigenvalue weighted by Gasteiger charge is 2.16. The molecule has 0 saturated heterocycles. The minimum Gasteiger partial charge on any atom is -0.487 e. The van der Waals surface area contributed by atoms with Crippen molar-refractivity contribution in [2.45, 2.75) is 45.8 Å². The number of nitrogens with one attached hydrogen (secondary N) is 1. The van der Waals surface area contributed by atoms with Crippen LogP contribution >= 0.6 is 39.1 Å².